The Kier molecular flexibility index (Phi) is 8.58. The maximum absolute atomic E-state index is 12.4. The van der Waals surface area contributed by atoms with E-state index in [2.05, 4.69) is 55.7 Å². The first-order valence-electron chi connectivity index (χ1n) is 9.71. The minimum Gasteiger partial charge on any atom is -0.348 e. The largest absolute Gasteiger partial charge is 0.348 e. The van der Waals surface area contributed by atoms with E-state index in [-0.39, 0.29) is 35.3 Å². The quantitative estimate of drug-likeness (QED) is 0.641. The number of benzene rings is 2. The minimum absolute atomic E-state index is 0.0277. The van der Waals surface area contributed by atoms with E-state index >= 15 is 0 Å². The van der Waals surface area contributed by atoms with Crippen LogP contribution < -0.4 is 10.6 Å². The van der Waals surface area contributed by atoms with Crippen LogP contribution in [0.1, 0.15) is 43.5 Å². The number of anilines is 1. The Balaban J connectivity index is 1.81. The third-order valence-electron chi connectivity index (χ3n) is 4.50. The highest BCUT2D eigenvalue weighted by Crippen LogP contribution is 2.22. The van der Waals surface area contributed by atoms with Crippen LogP contribution >= 0.6 is 11.8 Å². The molecule has 0 aromatic heterocycles. The lowest BCUT2D eigenvalue weighted by Gasteiger charge is -2.23. The Labute approximate surface area is 172 Å². The number of carbonyl (C=O) groups is 2. The Morgan fingerprint density at radius 2 is 1.68 bits per heavy atom. The molecular weight excluding hydrogens is 368 g/mol. The number of thioether (sulfide) groups is 1. The lowest BCUT2D eigenvalue weighted by Crippen LogP contribution is -2.33. The van der Waals surface area contributed by atoms with Crippen LogP contribution in [-0.2, 0) is 16.0 Å². The van der Waals surface area contributed by atoms with Crippen LogP contribution in [0.4, 0.5) is 5.69 Å². The van der Waals surface area contributed by atoms with Gasteiger partial charge in [-0.2, -0.15) is 0 Å². The number of rotatable bonds is 9. The Morgan fingerprint density at radius 3 is 2.29 bits per heavy atom. The van der Waals surface area contributed by atoms with Crippen LogP contribution in [-0.4, -0.2) is 23.3 Å². The zero-order chi connectivity index (χ0) is 20.5. The van der Waals surface area contributed by atoms with Gasteiger partial charge >= 0.3 is 0 Å². The van der Waals surface area contributed by atoms with E-state index < -0.39 is 0 Å². The number of hydrogen-bond acceptors (Lipinski definition) is 3. The van der Waals surface area contributed by atoms with E-state index in [1.54, 1.807) is 0 Å². The number of nitrogens with one attached hydrogen (secondary N) is 2. The SMILES string of the molecule is CCc1ccc(C(NC(=O)CSCC(=O)Nc2cccc(C)c2)C(C)C)cc1. The third kappa shape index (κ3) is 7.04. The average molecular weight is 399 g/mol. The third-order valence-corrected chi connectivity index (χ3v) is 5.43. The van der Waals surface area contributed by atoms with E-state index in [0.717, 1.165) is 23.2 Å². The van der Waals surface area contributed by atoms with Gasteiger partial charge in [-0.3, -0.25) is 9.59 Å². The topological polar surface area (TPSA) is 58.2 Å². The first kappa shape index (κ1) is 22.0. The summed E-state index contributed by atoms with van der Waals surface area (Å²) in [6.45, 7) is 8.31. The second-order valence-electron chi connectivity index (χ2n) is 7.29. The van der Waals surface area contributed by atoms with Crippen LogP contribution in [0.3, 0.4) is 0 Å². The fourth-order valence-electron chi connectivity index (χ4n) is 2.97. The molecule has 1 unspecified atom stereocenters. The molecule has 2 rings (SSSR count). The first-order chi connectivity index (χ1) is 13.4. The molecule has 2 amide bonds. The summed E-state index contributed by atoms with van der Waals surface area (Å²) in [6.07, 6.45) is 1.00. The van der Waals surface area contributed by atoms with Gasteiger partial charge in [0.15, 0.2) is 0 Å². The standard InChI is InChI=1S/C23H30N2O2S/c1-5-18-9-11-19(12-10-18)23(16(2)3)25-22(27)15-28-14-21(26)24-20-8-6-7-17(4)13-20/h6-13,16,23H,5,14-15H2,1-4H3,(H,24,26)(H,25,27). The lowest BCUT2D eigenvalue weighted by molar-refractivity contribution is -0.119. The summed E-state index contributed by atoms with van der Waals surface area (Å²) in [5.41, 5.74) is 4.28. The highest BCUT2D eigenvalue weighted by molar-refractivity contribution is 8.00. The summed E-state index contributed by atoms with van der Waals surface area (Å²) in [6, 6.07) is 16.0. The van der Waals surface area contributed by atoms with Crippen molar-refractivity contribution in [3.8, 4) is 0 Å². The number of carbonyl (C=O) groups excluding carboxylic acids is 2. The van der Waals surface area contributed by atoms with Crippen molar-refractivity contribution in [2.24, 2.45) is 5.92 Å². The van der Waals surface area contributed by atoms with Crippen molar-refractivity contribution < 1.29 is 9.59 Å². The summed E-state index contributed by atoms with van der Waals surface area (Å²) in [4.78, 5) is 24.4. The van der Waals surface area contributed by atoms with Gasteiger partial charge in [0.1, 0.15) is 0 Å². The van der Waals surface area contributed by atoms with Crippen LogP contribution in [0.15, 0.2) is 48.5 Å². The van der Waals surface area contributed by atoms with Gasteiger partial charge in [-0.1, -0.05) is 57.2 Å². The highest BCUT2D eigenvalue weighted by Gasteiger charge is 2.18. The summed E-state index contributed by atoms with van der Waals surface area (Å²) < 4.78 is 0. The zero-order valence-electron chi connectivity index (χ0n) is 17.1. The molecule has 2 aromatic carbocycles. The molecule has 5 heteroatoms. The molecule has 0 spiro atoms. The molecule has 0 saturated heterocycles. The highest BCUT2D eigenvalue weighted by atomic mass is 32.2. The van der Waals surface area contributed by atoms with E-state index in [1.165, 1.54) is 17.3 Å². The lowest BCUT2D eigenvalue weighted by atomic mass is 9.95. The molecule has 0 aliphatic heterocycles. The molecular formula is C23H30N2O2S. The molecule has 0 heterocycles. The fourth-order valence-corrected chi connectivity index (χ4v) is 3.60. The van der Waals surface area contributed by atoms with Gasteiger partial charge in [-0.25, -0.2) is 0 Å². The predicted molar refractivity (Wildman–Crippen MR) is 119 cm³/mol. The van der Waals surface area contributed by atoms with Crippen LogP contribution in [0, 0.1) is 12.8 Å². The van der Waals surface area contributed by atoms with E-state index in [4.69, 9.17) is 0 Å². The normalized spacial score (nSPS) is 11.9. The average Bonchev–Trinajstić information content (AvgIpc) is 2.66. The summed E-state index contributed by atoms with van der Waals surface area (Å²) in [7, 11) is 0. The molecule has 0 radical (unpaired) electrons. The molecule has 0 aliphatic carbocycles. The summed E-state index contributed by atoms with van der Waals surface area (Å²) in [5, 5.41) is 5.97. The maximum Gasteiger partial charge on any atom is 0.234 e. The Bertz CT molecular complexity index is 787. The molecule has 2 N–H and O–H groups in total. The van der Waals surface area contributed by atoms with Gasteiger partial charge in [0.25, 0.3) is 0 Å². The second kappa shape index (κ2) is 10.9. The summed E-state index contributed by atoms with van der Waals surface area (Å²) in [5.74, 6) is 0.646. The fraction of sp³-hybridized carbons (Fsp3) is 0.391. The molecule has 150 valence electrons. The van der Waals surface area contributed by atoms with Crippen LogP contribution in [0.2, 0.25) is 0 Å². The Hall–Kier alpha value is -2.27. The zero-order valence-corrected chi connectivity index (χ0v) is 17.9. The Morgan fingerprint density at radius 1 is 1.00 bits per heavy atom. The van der Waals surface area contributed by atoms with Crippen molar-refractivity contribution in [3.05, 3.63) is 65.2 Å². The van der Waals surface area contributed by atoms with Gasteiger partial charge in [0.05, 0.1) is 17.5 Å². The van der Waals surface area contributed by atoms with Gasteiger partial charge in [0, 0.05) is 5.69 Å². The van der Waals surface area contributed by atoms with Crippen LogP contribution in [0.5, 0.6) is 0 Å². The summed E-state index contributed by atoms with van der Waals surface area (Å²) >= 11 is 1.32. The minimum atomic E-state index is -0.0982. The predicted octanol–water partition coefficient (Wildman–Crippen LogP) is 4.74. The van der Waals surface area contributed by atoms with Gasteiger partial charge in [-0.15, -0.1) is 11.8 Å². The molecule has 4 nitrogen and oxygen atoms in total. The van der Waals surface area contributed by atoms with E-state index in [1.807, 2.05) is 31.2 Å². The smallest absolute Gasteiger partial charge is 0.234 e. The van der Waals surface area contributed by atoms with Crippen molar-refractivity contribution in [3.63, 3.8) is 0 Å². The molecule has 0 saturated carbocycles. The second-order valence-corrected chi connectivity index (χ2v) is 8.28. The van der Waals surface area contributed by atoms with Gasteiger partial charge < -0.3 is 10.6 Å². The molecule has 0 fully saturated rings. The maximum atomic E-state index is 12.4. The molecule has 1 atom stereocenters. The monoisotopic (exact) mass is 398 g/mol. The number of amides is 2. The van der Waals surface area contributed by atoms with Crippen molar-refractivity contribution in [2.75, 3.05) is 16.8 Å². The van der Waals surface area contributed by atoms with Crippen molar-refractivity contribution in [1.29, 1.82) is 0 Å². The molecule has 0 bridgehead atoms. The van der Waals surface area contributed by atoms with Gasteiger partial charge in [-0.05, 0) is 48.1 Å². The van der Waals surface area contributed by atoms with Crippen molar-refractivity contribution >= 4 is 29.3 Å². The number of aryl methyl sites for hydroxylation is 2. The molecule has 28 heavy (non-hydrogen) atoms. The van der Waals surface area contributed by atoms with E-state index in [9.17, 15) is 9.59 Å². The first-order valence-corrected chi connectivity index (χ1v) is 10.9. The molecule has 2 aromatic rings. The van der Waals surface area contributed by atoms with Crippen molar-refractivity contribution in [2.45, 2.75) is 40.2 Å². The number of hydrogen-bond donors (Lipinski definition) is 2. The van der Waals surface area contributed by atoms with E-state index in [0.29, 0.717) is 0 Å². The van der Waals surface area contributed by atoms with Crippen molar-refractivity contribution in [1.82, 2.24) is 5.32 Å². The van der Waals surface area contributed by atoms with Crippen LogP contribution in [0.25, 0.3) is 0 Å². The molecule has 0 aliphatic rings. The van der Waals surface area contributed by atoms with Gasteiger partial charge in [0.2, 0.25) is 11.8 Å².